The first-order valence-corrected chi connectivity index (χ1v) is 7.04. The summed E-state index contributed by atoms with van der Waals surface area (Å²) in [4.78, 5) is 25.6. The number of rotatable bonds is 6. The normalized spacial score (nSPS) is 12.3. The lowest BCUT2D eigenvalue weighted by Gasteiger charge is -2.09. The monoisotopic (exact) mass is 288 g/mol. The molecule has 1 amide bonds. The minimum Gasteiger partial charge on any atom is -0.481 e. The Bertz CT molecular complexity index is 661. The Labute approximate surface area is 123 Å². The number of aromatic amines is 1. The molecule has 0 unspecified atom stereocenters. The minimum atomic E-state index is -0.954. The van der Waals surface area contributed by atoms with E-state index in [-0.39, 0.29) is 12.3 Å². The molecule has 5 heteroatoms. The summed E-state index contributed by atoms with van der Waals surface area (Å²) in [6, 6.07) is 6.13. The summed E-state index contributed by atoms with van der Waals surface area (Å²) in [7, 11) is 0. The Balaban J connectivity index is 1.92. The third kappa shape index (κ3) is 3.62. The number of amides is 1. The van der Waals surface area contributed by atoms with Gasteiger partial charge in [-0.05, 0) is 24.5 Å². The van der Waals surface area contributed by atoms with Gasteiger partial charge in [0.05, 0.1) is 6.42 Å². The van der Waals surface area contributed by atoms with Crippen molar-refractivity contribution in [2.75, 3.05) is 6.54 Å². The van der Waals surface area contributed by atoms with E-state index < -0.39 is 11.9 Å². The first-order chi connectivity index (χ1) is 9.99. The van der Waals surface area contributed by atoms with E-state index in [9.17, 15) is 9.59 Å². The molecule has 112 valence electrons. The second kappa shape index (κ2) is 6.43. The van der Waals surface area contributed by atoms with Gasteiger partial charge < -0.3 is 15.4 Å². The van der Waals surface area contributed by atoms with Gasteiger partial charge in [-0.3, -0.25) is 9.59 Å². The second-order valence-corrected chi connectivity index (χ2v) is 5.35. The number of aryl methyl sites for hydroxylation is 1. The molecular formula is C16H20N2O3. The highest BCUT2D eigenvalue weighted by Gasteiger charge is 2.16. The first kappa shape index (κ1) is 15.1. The van der Waals surface area contributed by atoms with Crippen LogP contribution in [0.15, 0.2) is 24.4 Å². The lowest BCUT2D eigenvalue weighted by atomic mass is 10.1. The number of carbonyl (C=O) groups is 2. The smallest absolute Gasteiger partial charge is 0.304 e. The molecule has 0 spiro atoms. The third-order valence-electron chi connectivity index (χ3n) is 3.63. The van der Waals surface area contributed by atoms with Crippen molar-refractivity contribution in [3.63, 3.8) is 0 Å². The van der Waals surface area contributed by atoms with Crippen LogP contribution in [0, 0.1) is 12.8 Å². The number of H-pyrrole nitrogens is 1. The van der Waals surface area contributed by atoms with Crippen molar-refractivity contribution < 1.29 is 14.7 Å². The number of fused-ring (bicyclic) bond motifs is 1. The van der Waals surface area contributed by atoms with Gasteiger partial charge in [0.25, 0.3) is 0 Å². The number of para-hydroxylation sites is 1. The standard InChI is InChI=1S/C16H20N2O3/c1-10-4-3-5-13-12(9-18-15(10)13)6-7-17-16(21)11(2)8-14(19)20/h3-5,9,11,18H,6-8H2,1-2H3,(H,17,21)(H,19,20)/t11-/m1/s1. The highest BCUT2D eigenvalue weighted by atomic mass is 16.4. The van der Waals surface area contributed by atoms with E-state index in [2.05, 4.69) is 29.4 Å². The predicted molar refractivity (Wildman–Crippen MR) is 81.2 cm³/mol. The van der Waals surface area contributed by atoms with Crippen molar-refractivity contribution >= 4 is 22.8 Å². The zero-order chi connectivity index (χ0) is 15.4. The van der Waals surface area contributed by atoms with Crippen LogP contribution >= 0.6 is 0 Å². The molecule has 0 saturated heterocycles. The molecule has 0 aliphatic carbocycles. The number of hydrogen-bond acceptors (Lipinski definition) is 2. The highest BCUT2D eigenvalue weighted by molar-refractivity contribution is 5.86. The predicted octanol–water partition coefficient (Wildman–Crippen LogP) is 2.25. The average Bonchev–Trinajstić information content (AvgIpc) is 2.83. The fourth-order valence-corrected chi connectivity index (χ4v) is 2.42. The van der Waals surface area contributed by atoms with E-state index in [0.717, 1.165) is 17.5 Å². The fraction of sp³-hybridized carbons (Fsp3) is 0.375. The van der Waals surface area contributed by atoms with Gasteiger partial charge in [-0.25, -0.2) is 0 Å². The molecule has 1 atom stereocenters. The molecule has 2 rings (SSSR count). The fourth-order valence-electron chi connectivity index (χ4n) is 2.42. The summed E-state index contributed by atoms with van der Waals surface area (Å²) >= 11 is 0. The van der Waals surface area contributed by atoms with Crippen LogP contribution < -0.4 is 5.32 Å². The number of benzene rings is 1. The quantitative estimate of drug-likeness (QED) is 0.762. The number of hydrogen-bond donors (Lipinski definition) is 3. The molecule has 0 saturated carbocycles. The molecule has 0 fully saturated rings. The van der Waals surface area contributed by atoms with Gasteiger partial charge in [-0.15, -0.1) is 0 Å². The van der Waals surface area contributed by atoms with Crippen molar-refractivity contribution in [1.29, 1.82) is 0 Å². The Kier molecular flexibility index (Phi) is 4.62. The summed E-state index contributed by atoms with van der Waals surface area (Å²) in [5, 5.41) is 12.6. The van der Waals surface area contributed by atoms with E-state index in [0.29, 0.717) is 6.54 Å². The van der Waals surface area contributed by atoms with Gasteiger partial charge in [0, 0.05) is 29.6 Å². The maximum atomic E-state index is 11.7. The number of aliphatic carboxylic acids is 1. The van der Waals surface area contributed by atoms with Crippen LogP contribution in [-0.4, -0.2) is 28.5 Å². The number of carboxylic acids is 1. The van der Waals surface area contributed by atoms with Crippen LogP contribution in [-0.2, 0) is 16.0 Å². The Hall–Kier alpha value is -2.30. The summed E-state index contributed by atoms with van der Waals surface area (Å²) in [6.07, 6.45) is 2.54. The Morgan fingerprint density at radius 1 is 1.38 bits per heavy atom. The van der Waals surface area contributed by atoms with Crippen molar-refractivity contribution in [3.8, 4) is 0 Å². The van der Waals surface area contributed by atoms with Gasteiger partial charge >= 0.3 is 5.97 Å². The van der Waals surface area contributed by atoms with Crippen molar-refractivity contribution in [1.82, 2.24) is 10.3 Å². The molecule has 0 aliphatic rings. The van der Waals surface area contributed by atoms with Gasteiger partial charge in [0.1, 0.15) is 0 Å². The molecule has 21 heavy (non-hydrogen) atoms. The number of carboxylic acid groups (broad SMARTS) is 1. The van der Waals surface area contributed by atoms with Gasteiger partial charge in [-0.2, -0.15) is 0 Å². The average molecular weight is 288 g/mol. The Morgan fingerprint density at radius 2 is 2.14 bits per heavy atom. The molecule has 0 bridgehead atoms. The summed E-state index contributed by atoms with van der Waals surface area (Å²) < 4.78 is 0. The molecule has 0 aliphatic heterocycles. The lowest BCUT2D eigenvalue weighted by Crippen LogP contribution is -2.31. The van der Waals surface area contributed by atoms with Gasteiger partial charge in [-0.1, -0.05) is 25.1 Å². The van der Waals surface area contributed by atoms with Crippen molar-refractivity contribution in [3.05, 3.63) is 35.5 Å². The van der Waals surface area contributed by atoms with E-state index in [1.165, 1.54) is 10.9 Å². The zero-order valence-corrected chi connectivity index (χ0v) is 12.3. The molecule has 1 heterocycles. The van der Waals surface area contributed by atoms with Crippen LogP contribution in [0.5, 0.6) is 0 Å². The second-order valence-electron chi connectivity index (χ2n) is 5.35. The minimum absolute atomic E-state index is 0.141. The van der Waals surface area contributed by atoms with E-state index in [4.69, 9.17) is 5.11 Å². The van der Waals surface area contributed by atoms with Gasteiger partial charge in [0.2, 0.25) is 5.91 Å². The molecule has 1 aromatic heterocycles. The summed E-state index contributed by atoms with van der Waals surface area (Å²) in [6.45, 7) is 4.18. The SMILES string of the molecule is Cc1cccc2c(CCNC(=O)[C@H](C)CC(=O)O)c[nH]c12. The van der Waals surface area contributed by atoms with E-state index in [1.807, 2.05) is 12.3 Å². The Morgan fingerprint density at radius 3 is 2.86 bits per heavy atom. The van der Waals surface area contributed by atoms with E-state index in [1.54, 1.807) is 6.92 Å². The lowest BCUT2D eigenvalue weighted by molar-refractivity contribution is -0.140. The third-order valence-corrected chi connectivity index (χ3v) is 3.63. The zero-order valence-electron chi connectivity index (χ0n) is 12.3. The summed E-state index contributed by atoms with van der Waals surface area (Å²) in [5.74, 6) is -1.68. The molecule has 0 radical (unpaired) electrons. The van der Waals surface area contributed by atoms with Crippen LogP contribution in [0.25, 0.3) is 10.9 Å². The molecule has 2 aromatic rings. The molecule has 1 aromatic carbocycles. The number of carbonyl (C=O) groups excluding carboxylic acids is 1. The van der Waals surface area contributed by atoms with Crippen LogP contribution in [0.1, 0.15) is 24.5 Å². The van der Waals surface area contributed by atoms with E-state index >= 15 is 0 Å². The van der Waals surface area contributed by atoms with Crippen LogP contribution in [0.3, 0.4) is 0 Å². The number of aromatic nitrogens is 1. The molecule has 5 nitrogen and oxygen atoms in total. The summed E-state index contributed by atoms with van der Waals surface area (Å²) in [5.41, 5.74) is 3.47. The largest absolute Gasteiger partial charge is 0.481 e. The number of nitrogens with one attached hydrogen (secondary N) is 2. The van der Waals surface area contributed by atoms with Crippen molar-refractivity contribution in [2.24, 2.45) is 5.92 Å². The highest BCUT2D eigenvalue weighted by Crippen LogP contribution is 2.21. The molecular weight excluding hydrogens is 268 g/mol. The topological polar surface area (TPSA) is 82.2 Å². The van der Waals surface area contributed by atoms with Crippen molar-refractivity contribution in [2.45, 2.75) is 26.7 Å². The van der Waals surface area contributed by atoms with Crippen LogP contribution in [0.2, 0.25) is 0 Å². The van der Waals surface area contributed by atoms with Crippen LogP contribution in [0.4, 0.5) is 0 Å². The molecule has 3 N–H and O–H groups in total. The first-order valence-electron chi connectivity index (χ1n) is 7.04. The maximum absolute atomic E-state index is 11.7. The maximum Gasteiger partial charge on any atom is 0.304 e. The van der Waals surface area contributed by atoms with Gasteiger partial charge in [0.15, 0.2) is 0 Å².